The van der Waals surface area contributed by atoms with Gasteiger partial charge in [0, 0.05) is 6.54 Å². The highest BCUT2D eigenvalue weighted by Gasteiger charge is 2.34. The lowest BCUT2D eigenvalue weighted by atomic mass is 10.1. The highest BCUT2D eigenvalue weighted by molar-refractivity contribution is 7.89. The molecule has 0 aromatic heterocycles. The zero-order chi connectivity index (χ0) is 20.9. The van der Waals surface area contributed by atoms with Crippen molar-refractivity contribution in [3.8, 4) is 0 Å². The number of hydrogen-bond donors (Lipinski definition) is 2. The molecule has 0 bridgehead atoms. The Hall–Kier alpha value is -2.29. The molecular weight excluding hydrogens is 393 g/mol. The predicted molar refractivity (Wildman–Crippen MR) is 108 cm³/mol. The maximum Gasteiger partial charge on any atom is 0.278 e. The lowest BCUT2D eigenvalue weighted by Crippen LogP contribution is -3.19. The standard InChI is InChI=1S/C21H26FN3O3S/c1-17(21(26)23-12-11-18-7-9-19(22)10-8-18)24-13-15-25(16-14-24)29(27,28)20-5-3-2-4-6-20/h2-10,17H,11-16H2,1H3,(H,23,26)/p+1/t17-/m1/s1. The van der Waals surface area contributed by atoms with E-state index in [-0.39, 0.29) is 17.8 Å². The highest BCUT2D eigenvalue weighted by Crippen LogP contribution is 2.14. The topological polar surface area (TPSA) is 70.9 Å². The average molecular weight is 421 g/mol. The van der Waals surface area contributed by atoms with Crippen LogP contribution in [0.3, 0.4) is 0 Å². The van der Waals surface area contributed by atoms with E-state index in [1.165, 1.54) is 16.4 Å². The molecule has 0 unspecified atom stereocenters. The second kappa shape index (κ2) is 9.47. The Morgan fingerprint density at radius 3 is 2.34 bits per heavy atom. The number of hydrogen-bond acceptors (Lipinski definition) is 3. The van der Waals surface area contributed by atoms with Crippen LogP contribution in [-0.4, -0.2) is 57.4 Å². The third-order valence-electron chi connectivity index (χ3n) is 5.38. The quantitative estimate of drug-likeness (QED) is 0.684. The molecule has 0 radical (unpaired) electrons. The SMILES string of the molecule is C[C@H](C(=O)NCCc1ccc(F)cc1)[NH+]1CCN(S(=O)(=O)c2ccccc2)CC1. The largest absolute Gasteiger partial charge is 0.351 e. The molecule has 1 amide bonds. The van der Waals surface area contributed by atoms with Crippen LogP contribution in [0.5, 0.6) is 0 Å². The zero-order valence-electron chi connectivity index (χ0n) is 16.5. The smallest absolute Gasteiger partial charge is 0.278 e. The Bertz CT molecular complexity index is 912. The molecule has 1 aliphatic heterocycles. The number of nitrogens with one attached hydrogen (secondary N) is 2. The van der Waals surface area contributed by atoms with Gasteiger partial charge in [-0.2, -0.15) is 4.31 Å². The fraction of sp³-hybridized carbons (Fsp3) is 0.381. The monoisotopic (exact) mass is 420 g/mol. The number of benzene rings is 2. The van der Waals surface area contributed by atoms with Crippen molar-refractivity contribution < 1.29 is 22.5 Å². The van der Waals surface area contributed by atoms with Crippen molar-refractivity contribution in [2.75, 3.05) is 32.7 Å². The summed E-state index contributed by atoms with van der Waals surface area (Å²) in [6.07, 6.45) is 0.636. The van der Waals surface area contributed by atoms with E-state index in [4.69, 9.17) is 0 Å². The molecule has 1 aliphatic rings. The molecule has 2 aromatic rings. The van der Waals surface area contributed by atoms with Gasteiger partial charge in [-0.05, 0) is 43.2 Å². The summed E-state index contributed by atoms with van der Waals surface area (Å²) in [5, 5.41) is 2.92. The first-order valence-electron chi connectivity index (χ1n) is 9.80. The summed E-state index contributed by atoms with van der Waals surface area (Å²) in [5.41, 5.74) is 0.964. The number of carbonyl (C=O) groups is 1. The lowest BCUT2D eigenvalue weighted by molar-refractivity contribution is -0.917. The molecule has 1 fully saturated rings. The molecule has 6 nitrogen and oxygen atoms in total. The average Bonchev–Trinajstić information content (AvgIpc) is 2.75. The van der Waals surface area contributed by atoms with Crippen LogP contribution < -0.4 is 10.2 Å². The van der Waals surface area contributed by atoms with Crippen LogP contribution in [-0.2, 0) is 21.2 Å². The van der Waals surface area contributed by atoms with E-state index in [1.807, 2.05) is 6.92 Å². The molecule has 0 saturated carbocycles. The molecule has 2 aromatic carbocycles. The van der Waals surface area contributed by atoms with Crippen LogP contribution in [0.25, 0.3) is 0 Å². The predicted octanol–water partition coefficient (Wildman–Crippen LogP) is 0.462. The first-order chi connectivity index (χ1) is 13.9. The molecule has 2 N–H and O–H groups in total. The van der Waals surface area contributed by atoms with Crippen molar-refractivity contribution in [1.29, 1.82) is 0 Å². The fourth-order valence-corrected chi connectivity index (χ4v) is 4.97. The van der Waals surface area contributed by atoms with Gasteiger partial charge in [-0.3, -0.25) is 4.79 Å². The minimum Gasteiger partial charge on any atom is -0.351 e. The summed E-state index contributed by atoms with van der Waals surface area (Å²) in [4.78, 5) is 13.8. The highest BCUT2D eigenvalue weighted by atomic mass is 32.2. The van der Waals surface area contributed by atoms with Crippen LogP contribution in [0.1, 0.15) is 12.5 Å². The molecule has 1 atom stereocenters. The van der Waals surface area contributed by atoms with Crippen LogP contribution >= 0.6 is 0 Å². The summed E-state index contributed by atoms with van der Waals surface area (Å²) in [5.74, 6) is -0.329. The molecular formula is C21H27FN3O3S+. The summed E-state index contributed by atoms with van der Waals surface area (Å²) >= 11 is 0. The summed E-state index contributed by atoms with van der Waals surface area (Å²) < 4.78 is 39.8. The third kappa shape index (κ3) is 5.41. The molecule has 3 rings (SSSR count). The number of piperazine rings is 1. The van der Waals surface area contributed by atoms with Gasteiger partial charge in [0.15, 0.2) is 6.04 Å². The van der Waals surface area contributed by atoms with Crippen molar-refractivity contribution in [1.82, 2.24) is 9.62 Å². The Morgan fingerprint density at radius 2 is 1.72 bits per heavy atom. The van der Waals surface area contributed by atoms with Gasteiger partial charge >= 0.3 is 0 Å². The number of carbonyl (C=O) groups excluding carboxylic acids is 1. The van der Waals surface area contributed by atoms with Crippen LogP contribution in [0.15, 0.2) is 59.5 Å². The first-order valence-corrected chi connectivity index (χ1v) is 11.2. The van der Waals surface area contributed by atoms with Crippen molar-refractivity contribution in [2.45, 2.75) is 24.3 Å². The van der Waals surface area contributed by atoms with Gasteiger partial charge in [0.05, 0.1) is 31.1 Å². The second-order valence-corrected chi connectivity index (χ2v) is 9.20. The Balaban J connectivity index is 1.47. The van der Waals surface area contributed by atoms with Crippen LogP contribution in [0.2, 0.25) is 0 Å². The van der Waals surface area contributed by atoms with E-state index >= 15 is 0 Å². The summed E-state index contributed by atoms with van der Waals surface area (Å²) in [6.45, 7) is 4.29. The fourth-order valence-electron chi connectivity index (χ4n) is 3.51. The summed E-state index contributed by atoms with van der Waals surface area (Å²) in [6, 6.07) is 14.4. The summed E-state index contributed by atoms with van der Waals surface area (Å²) in [7, 11) is -3.49. The van der Waals surface area contributed by atoms with Crippen molar-refractivity contribution in [3.05, 3.63) is 66.0 Å². The first kappa shape index (κ1) is 21.4. The minimum absolute atomic E-state index is 0.0542. The van der Waals surface area contributed by atoms with E-state index in [2.05, 4.69) is 5.32 Å². The van der Waals surface area contributed by atoms with Gasteiger partial charge in [0.25, 0.3) is 5.91 Å². The molecule has 8 heteroatoms. The normalized spacial score (nSPS) is 17.0. The Labute approximate surface area is 171 Å². The van der Waals surface area contributed by atoms with Crippen LogP contribution in [0.4, 0.5) is 4.39 Å². The van der Waals surface area contributed by atoms with Gasteiger partial charge in [0.1, 0.15) is 5.82 Å². The van der Waals surface area contributed by atoms with Crippen molar-refractivity contribution in [3.63, 3.8) is 0 Å². The Morgan fingerprint density at radius 1 is 1.10 bits per heavy atom. The van der Waals surface area contributed by atoms with Gasteiger partial charge in [-0.15, -0.1) is 0 Å². The number of halogens is 1. The van der Waals surface area contributed by atoms with Gasteiger partial charge < -0.3 is 10.2 Å². The molecule has 0 aliphatic carbocycles. The van der Waals surface area contributed by atoms with Gasteiger partial charge in [-0.25, -0.2) is 12.8 Å². The number of amides is 1. The minimum atomic E-state index is -3.49. The van der Waals surface area contributed by atoms with Crippen molar-refractivity contribution in [2.24, 2.45) is 0 Å². The number of rotatable bonds is 7. The van der Waals surface area contributed by atoms with E-state index in [0.717, 1.165) is 10.5 Å². The zero-order valence-corrected chi connectivity index (χ0v) is 17.3. The second-order valence-electron chi connectivity index (χ2n) is 7.26. The van der Waals surface area contributed by atoms with Gasteiger partial charge in [0.2, 0.25) is 10.0 Å². The number of quaternary nitrogens is 1. The molecule has 156 valence electrons. The molecule has 1 saturated heterocycles. The van der Waals surface area contributed by atoms with E-state index in [9.17, 15) is 17.6 Å². The lowest BCUT2D eigenvalue weighted by Gasteiger charge is -2.34. The molecule has 29 heavy (non-hydrogen) atoms. The number of nitrogens with zero attached hydrogens (tertiary/aromatic N) is 1. The molecule has 0 spiro atoms. The molecule has 1 heterocycles. The number of sulfonamides is 1. The third-order valence-corrected chi connectivity index (χ3v) is 7.29. The maximum absolute atomic E-state index is 12.9. The van der Waals surface area contributed by atoms with E-state index in [1.54, 1.807) is 42.5 Å². The van der Waals surface area contributed by atoms with Crippen molar-refractivity contribution >= 4 is 15.9 Å². The van der Waals surface area contributed by atoms with Crippen LogP contribution in [0, 0.1) is 5.82 Å². The maximum atomic E-state index is 12.9. The van der Waals surface area contributed by atoms with Gasteiger partial charge in [-0.1, -0.05) is 30.3 Å². The van der Waals surface area contributed by atoms with E-state index in [0.29, 0.717) is 44.0 Å². The Kier molecular flexibility index (Phi) is 7.00. The van der Waals surface area contributed by atoms with E-state index < -0.39 is 10.0 Å².